The van der Waals surface area contributed by atoms with E-state index in [2.05, 4.69) is 9.97 Å². The zero-order valence-corrected chi connectivity index (χ0v) is 15.3. The summed E-state index contributed by atoms with van der Waals surface area (Å²) in [5.41, 5.74) is 3.48. The molecule has 126 valence electrons. The minimum atomic E-state index is -0.330. The molecule has 2 aromatic heterocycles. The van der Waals surface area contributed by atoms with Crippen LogP contribution in [0.1, 0.15) is 16.3 Å². The molecule has 7 heteroatoms. The molecule has 0 fully saturated rings. The van der Waals surface area contributed by atoms with Crippen LogP contribution in [0.4, 0.5) is 4.39 Å². The van der Waals surface area contributed by atoms with E-state index >= 15 is 0 Å². The van der Waals surface area contributed by atoms with Crippen LogP contribution in [0.25, 0.3) is 11.1 Å². The maximum atomic E-state index is 13.1. The first-order chi connectivity index (χ1) is 12.2. The molecule has 0 aliphatic heterocycles. The summed E-state index contributed by atoms with van der Waals surface area (Å²) in [5, 5.41) is 4.03. The number of aromatic nitrogens is 2. The summed E-state index contributed by atoms with van der Waals surface area (Å²) in [5.74, 6) is 0.351. The monoisotopic (exact) mass is 390 g/mol. The number of hydrogen-bond donors (Lipinski definition) is 0. The Morgan fingerprint density at radius 1 is 1.16 bits per heavy atom. The zero-order chi connectivity index (χ0) is 17.2. The van der Waals surface area contributed by atoms with E-state index in [0.717, 1.165) is 27.4 Å². The second-order valence-corrected chi connectivity index (χ2v) is 7.66. The lowest BCUT2D eigenvalue weighted by Gasteiger charge is -2.01. The van der Waals surface area contributed by atoms with Crippen molar-refractivity contribution in [2.75, 3.05) is 0 Å². The second kappa shape index (κ2) is 7.15. The van der Waals surface area contributed by atoms with Crippen molar-refractivity contribution in [2.24, 2.45) is 0 Å². The van der Waals surface area contributed by atoms with Crippen LogP contribution in [0.5, 0.6) is 0 Å². The van der Waals surface area contributed by atoms with Crippen LogP contribution in [0.2, 0.25) is 5.02 Å². The molecule has 4 aromatic rings. The van der Waals surface area contributed by atoms with Gasteiger partial charge in [-0.1, -0.05) is 41.6 Å². The Hall–Kier alpha value is -1.89. The predicted octanol–water partition coefficient (Wildman–Crippen LogP) is 5.96. The van der Waals surface area contributed by atoms with Crippen LogP contribution in [-0.4, -0.2) is 9.97 Å². The summed E-state index contributed by atoms with van der Waals surface area (Å²) in [6, 6.07) is 12.1. The fourth-order valence-corrected chi connectivity index (χ4v) is 4.26. The van der Waals surface area contributed by atoms with Gasteiger partial charge in [0.15, 0.2) is 5.58 Å². The summed E-state index contributed by atoms with van der Waals surface area (Å²) >= 11 is 9.16. The number of oxazole rings is 1. The maximum Gasteiger partial charge on any atom is 0.257 e. The molecule has 0 aliphatic rings. The largest absolute Gasteiger partial charge is 0.431 e. The highest BCUT2D eigenvalue weighted by atomic mass is 35.5. The SMILES string of the molecule is Fc1ccc(Cc2nc(CSc3nc4ccccc4o3)cs2)c(Cl)c1. The molecular formula is C18H12ClFN2OS2. The second-order valence-electron chi connectivity index (χ2n) is 5.38. The number of nitrogens with zero attached hydrogens (tertiary/aromatic N) is 2. The lowest BCUT2D eigenvalue weighted by molar-refractivity contribution is 0.489. The van der Waals surface area contributed by atoms with E-state index in [4.69, 9.17) is 16.0 Å². The molecule has 2 aromatic carbocycles. The highest BCUT2D eigenvalue weighted by Gasteiger charge is 2.10. The number of fused-ring (bicyclic) bond motifs is 1. The third kappa shape index (κ3) is 3.86. The van der Waals surface area contributed by atoms with Crippen molar-refractivity contribution in [1.29, 1.82) is 0 Å². The van der Waals surface area contributed by atoms with Gasteiger partial charge >= 0.3 is 0 Å². The molecule has 0 amide bonds. The van der Waals surface area contributed by atoms with Crippen molar-refractivity contribution in [2.45, 2.75) is 17.4 Å². The standard InChI is InChI=1S/C18H12ClFN2OS2/c19-14-8-12(20)6-5-11(14)7-17-21-13(9-24-17)10-25-18-22-15-3-1-2-4-16(15)23-18/h1-6,8-9H,7,10H2. The van der Waals surface area contributed by atoms with Crippen molar-refractivity contribution >= 4 is 45.8 Å². The Balaban J connectivity index is 1.42. The quantitative estimate of drug-likeness (QED) is 0.394. The fourth-order valence-electron chi connectivity index (χ4n) is 2.37. The average Bonchev–Trinajstić information content (AvgIpc) is 3.21. The Morgan fingerprint density at radius 3 is 2.88 bits per heavy atom. The van der Waals surface area contributed by atoms with Gasteiger partial charge in [0, 0.05) is 22.6 Å². The van der Waals surface area contributed by atoms with Crippen molar-refractivity contribution in [3.05, 3.63) is 74.9 Å². The topological polar surface area (TPSA) is 38.9 Å². The zero-order valence-electron chi connectivity index (χ0n) is 12.9. The summed E-state index contributed by atoms with van der Waals surface area (Å²) in [6.45, 7) is 0. The van der Waals surface area contributed by atoms with Crippen molar-refractivity contribution in [3.63, 3.8) is 0 Å². The van der Waals surface area contributed by atoms with Crippen LogP contribution in [-0.2, 0) is 12.2 Å². The summed E-state index contributed by atoms with van der Waals surface area (Å²) in [6.07, 6.45) is 0.595. The van der Waals surface area contributed by atoms with Gasteiger partial charge in [0.05, 0.1) is 10.7 Å². The molecule has 3 nitrogen and oxygen atoms in total. The van der Waals surface area contributed by atoms with Crippen molar-refractivity contribution in [3.8, 4) is 0 Å². The molecular weight excluding hydrogens is 379 g/mol. The highest BCUT2D eigenvalue weighted by Crippen LogP contribution is 2.28. The van der Waals surface area contributed by atoms with Crippen LogP contribution in [0.15, 0.2) is 57.5 Å². The lowest BCUT2D eigenvalue weighted by atomic mass is 10.1. The van der Waals surface area contributed by atoms with Crippen molar-refractivity contribution < 1.29 is 8.81 Å². The molecule has 4 rings (SSSR count). The molecule has 0 N–H and O–H groups in total. The first-order valence-electron chi connectivity index (χ1n) is 7.53. The fraction of sp³-hybridized carbons (Fsp3) is 0.111. The summed E-state index contributed by atoms with van der Waals surface area (Å²) in [4.78, 5) is 9.06. The number of hydrogen-bond acceptors (Lipinski definition) is 5. The van der Waals surface area contributed by atoms with Crippen LogP contribution >= 0.6 is 34.7 Å². The molecule has 25 heavy (non-hydrogen) atoms. The lowest BCUT2D eigenvalue weighted by Crippen LogP contribution is -1.90. The first-order valence-corrected chi connectivity index (χ1v) is 9.77. The normalized spacial score (nSPS) is 11.3. The summed E-state index contributed by atoms with van der Waals surface area (Å²) in [7, 11) is 0. The first kappa shape index (κ1) is 16.6. The molecule has 0 atom stereocenters. The van der Waals surface area contributed by atoms with Crippen LogP contribution < -0.4 is 0 Å². The van der Waals surface area contributed by atoms with Crippen LogP contribution in [0, 0.1) is 5.82 Å². The molecule has 0 saturated heterocycles. The third-order valence-electron chi connectivity index (χ3n) is 3.57. The molecule has 2 heterocycles. The molecule has 0 radical (unpaired) electrons. The van der Waals surface area contributed by atoms with Gasteiger partial charge in [0.2, 0.25) is 0 Å². The molecule has 0 bridgehead atoms. The van der Waals surface area contributed by atoms with E-state index in [1.165, 1.54) is 23.9 Å². The van der Waals surface area contributed by atoms with Gasteiger partial charge in [0.25, 0.3) is 5.22 Å². The number of para-hydroxylation sites is 2. The van der Waals surface area contributed by atoms with Gasteiger partial charge < -0.3 is 4.42 Å². The number of rotatable bonds is 5. The van der Waals surface area contributed by atoms with Gasteiger partial charge in [-0.3, -0.25) is 0 Å². The Kier molecular flexibility index (Phi) is 4.74. The number of benzene rings is 2. The van der Waals surface area contributed by atoms with Gasteiger partial charge in [0.1, 0.15) is 11.3 Å². The minimum Gasteiger partial charge on any atom is -0.431 e. The molecule has 0 aliphatic carbocycles. The number of halogens is 2. The molecule has 0 unspecified atom stereocenters. The maximum absolute atomic E-state index is 13.1. The average molecular weight is 391 g/mol. The van der Waals surface area contributed by atoms with Gasteiger partial charge in [-0.05, 0) is 29.8 Å². The Bertz CT molecular complexity index is 998. The Morgan fingerprint density at radius 2 is 2.04 bits per heavy atom. The summed E-state index contributed by atoms with van der Waals surface area (Å²) < 4.78 is 18.8. The van der Waals surface area contributed by atoms with E-state index in [0.29, 0.717) is 22.4 Å². The third-order valence-corrected chi connectivity index (χ3v) is 5.69. The number of thiazole rings is 1. The number of thioether (sulfide) groups is 1. The smallest absolute Gasteiger partial charge is 0.257 e. The molecule has 0 spiro atoms. The van der Waals surface area contributed by atoms with E-state index in [-0.39, 0.29) is 5.82 Å². The van der Waals surface area contributed by atoms with Crippen LogP contribution in [0.3, 0.4) is 0 Å². The van der Waals surface area contributed by atoms with E-state index in [1.54, 1.807) is 17.4 Å². The predicted molar refractivity (Wildman–Crippen MR) is 99.9 cm³/mol. The Labute approximate surface area is 156 Å². The minimum absolute atomic E-state index is 0.330. The van der Waals surface area contributed by atoms with E-state index in [9.17, 15) is 4.39 Å². The van der Waals surface area contributed by atoms with Gasteiger partial charge in [-0.15, -0.1) is 11.3 Å². The van der Waals surface area contributed by atoms with Gasteiger partial charge in [-0.25, -0.2) is 14.4 Å². The molecule has 0 saturated carbocycles. The highest BCUT2D eigenvalue weighted by molar-refractivity contribution is 7.98. The van der Waals surface area contributed by atoms with E-state index in [1.807, 2.05) is 29.6 Å². The van der Waals surface area contributed by atoms with Gasteiger partial charge in [-0.2, -0.15) is 0 Å². The van der Waals surface area contributed by atoms with E-state index < -0.39 is 0 Å². The van der Waals surface area contributed by atoms with Crippen molar-refractivity contribution in [1.82, 2.24) is 9.97 Å².